The van der Waals surface area contributed by atoms with Gasteiger partial charge in [-0.05, 0) is 58.6 Å². The molecule has 2 amide bonds. The van der Waals surface area contributed by atoms with Crippen LogP contribution in [0.4, 0.5) is 4.79 Å². The fourth-order valence-electron chi connectivity index (χ4n) is 4.99. The van der Waals surface area contributed by atoms with E-state index in [-0.39, 0.29) is 12.0 Å². The molecule has 2 atom stereocenters. The summed E-state index contributed by atoms with van der Waals surface area (Å²) in [4.78, 5) is 32.8. The molecule has 0 radical (unpaired) electrons. The highest BCUT2D eigenvalue weighted by molar-refractivity contribution is 5.86. The van der Waals surface area contributed by atoms with Crippen LogP contribution in [0.5, 0.6) is 5.75 Å². The quantitative estimate of drug-likeness (QED) is 0.688. The Morgan fingerprint density at radius 3 is 2.42 bits per heavy atom. The number of hydrogen-bond acceptors (Lipinski definition) is 5. The second kappa shape index (κ2) is 9.92. The van der Waals surface area contributed by atoms with Crippen LogP contribution in [0.15, 0.2) is 24.3 Å². The van der Waals surface area contributed by atoms with Crippen LogP contribution in [-0.4, -0.2) is 83.2 Å². The van der Waals surface area contributed by atoms with E-state index < -0.39 is 17.7 Å². The van der Waals surface area contributed by atoms with E-state index in [0.29, 0.717) is 19.0 Å². The summed E-state index contributed by atoms with van der Waals surface area (Å²) in [6.45, 7) is 11.3. The molecule has 1 saturated carbocycles. The van der Waals surface area contributed by atoms with Crippen molar-refractivity contribution >= 4 is 12.0 Å². The highest BCUT2D eigenvalue weighted by atomic mass is 16.6. The third kappa shape index (κ3) is 5.81. The highest BCUT2D eigenvalue weighted by Crippen LogP contribution is 2.29. The lowest BCUT2D eigenvalue weighted by Crippen LogP contribution is -2.50. The van der Waals surface area contributed by atoms with E-state index in [9.17, 15) is 9.59 Å². The van der Waals surface area contributed by atoms with Gasteiger partial charge < -0.3 is 14.4 Å². The first kappa shape index (κ1) is 23.9. The predicted molar refractivity (Wildman–Crippen MR) is 127 cm³/mol. The SMILES string of the molecule is Cc1ccccc1O[C@H]1C[C@H](C(=O)N2CCCN(C3CCC3)CC2)N(C(=O)OC(C)(C)C)C1. The van der Waals surface area contributed by atoms with Crippen LogP contribution in [0.25, 0.3) is 0 Å². The molecule has 2 saturated heterocycles. The van der Waals surface area contributed by atoms with Crippen molar-refractivity contribution in [1.82, 2.24) is 14.7 Å². The van der Waals surface area contributed by atoms with Crippen LogP contribution in [-0.2, 0) is 9.53 Å². The van der Waals surface area contributed by atoms with Gasteiger partial charge in [-0.25, -0.2) is 4.79 Å². The van der Waals surface area contributed by atoms with Gasteiger partial charge in [0.05, 0.1) is 6.54 Å². The molecule has 7 heteroatoms. The molecule has 0 N–H and O–H groups in total. The lowest BCUT2D eigenvalue weighted by molar-refractivity contribution is -0.135. The summed E-state index contributed by atoms with van der Waals surface area (Å²) in [5, 5.41) is 0. The molecular weight excluding hydrogens is 418 g/mol. The molecule has 182 valence electrons. The van der Waals surface area contributed by atoms with E-state index >= 15 is 0 Å². The number of aryl methyl sites for hydroxylation is 1. The number of benzene rings is 1. The van der Waals surface area contributed by atoms with Crippen LogP contribution in [0.3, 0.4) is 0 Å². The molecule has 1 aromatic rings. The monoisotopic (exact) mass is 457 g/mol. The second-order valence-electron chi connectivity index (χ2n) is 10.7. The average molecular weight is 458 g/mol. The summed E-state index contributed by atoms with van der Waals surface area (Å²) >= 11 is 0. The third-order valence-corrected chi connectivity index (χ3v) is 7.00. The van der Waals surface area contributed by atoms with Gasteiger partial charge in [0, 0.05) is 38.6 Å². The summed E-state index contributed by atoms with van der Waals surface area (Å²) in [6.07, 6.45) is 4.65. The Hall–Kier alpha value is -2.28. The second-order valence-corrected chi connectivity index (χ2v) is 10.7. The summed E-state index contributed by atoms with van der Waals surface area (Å²) in [6, 6.07) is 8.00. The Morgan fingerprint density at radius 1 is 1.00 bits per heavy atom. The topological polar surface area (TPSA) is 62.3 Å². The largest absolute Gasteiger partial charge is 0.488 e. The molecule has 1 aliphatic carbocycles. The average Bonchev–Trinajstić information content (AvgIpc) is 2.98. The van der Waals surface area contributed by atoms with Crippen molar-refractivity contribution < 1.29 is 19.1 Å². The summed E-state index contributed by atoms with van der Waals surface area (Å²) in [7, 11) is 0. The molecule has 1 aromatic carbocycles. The Labute approximate surface area is 198 Å². The zero-order valence-corrected chi connectivity index (χ0v) is 20.6. The van der Waals surface area contributed by atoms with Gasteiger partial charge in [0.15, 0.2) is 0 Å². The number of hydrogen-bond donors (Lipinski definition) is 0. The summed E-state index contributed by atoms with van der Waals surface area (Å²) in [5.74, 6) is 0.817. The van der Waals surface area contributed by atoms with Crippen molar-refractivity contribution in [2.75, 3.05) is 32.7 Å². The molecule has 4 rings (SSSR count). The van der Waals surface area contributed by atoms with Gasteiger partial charge in [-0.2, -0.15) is 0 Å². The Balaban J connectivity index is 1.46. The van der Waals surface area contributed by atoms with Crippen molar-refractivity contribution in [3.63, 3.8) is 0 Å². The van der Waals surface area contributed by atoms with E-state index in [1.165, 1.54) is 19.3 Å². The van der Waals surface area contributed by atoms with Gasteiger partial charge in [-0.3, -0.25) is 14.6 Å². The maximum atomic E-state index is 13.7. The molecule has 3 aliphatic rings. The number of carbonyl (C=O) groups is 2. The number of rotatable bonds is 4. The fraction of sp³-hybridized carbons (Fsp3) is 0.692. The molecule has 33 heavy (non-hydrogen) atoms. The van der Waals surface area contributed by atoms with E-state index in [2.05, 4.69) is 4.90 Å². The molecule has 0 aromatic heterocycles. The smallest absolute Gasteiger partial charge is 0.411 e. The molecule has 3 fully saturated rings. The Morgan fingerprint density at radius 2 is 1.76 bits per heavy atom. The van der Waals surface area contributed by atoms with Crippen molar-refractivity contribution in [1.29, 1.82) is 0 Å². The van der Waals surface area contributed by atoms with Crippen molar-refractivity contribution in [2.45, 2.75) is 83.6 Å². The maximum absolute atomic E-state index is 13.7. The zero-order valence-electron chi connectivity index (χ0n) is 20.6. The number of nitrogens with zero attached hydrogens (tertiary/aromatic N) is 3. The minimum Gasteiger partial charge on any atom is -0.488 e. The standard InChI is InChI=1S/C26H39N3O4/c1-19-9-5-6-12-23(19)32-21-17-22(29(18-21)25(31)33-26(2,3)4)24(30)28-14-8-13-27(15-16-28)20-10-7-11-20/h5-6,9,12,20-22H,7-8,10-11,13-18H2,1-4H3/t21-,22+/m0/s1. The van der Waals surface area contributed by atoms with E-state index in [1.807, 2.05) is 56.9 Å². The first-order chi connectivity index (χ1) is 15.7. The molecule has 2 aliphatic heterocycles. The molecule has 0 unspecified atom stereocenters. The lowest BCUT2D eigenvalue weighted by Gasteiger charge is -2.37. The van der Waals surface area contributed by atoms with Crippen molar-refractivity contribution in [3.8, 4) is 5.75 Å². The highest BCUT2D eigenvalue weighted by Gasteiger charge is 2.44. The molecule has 0 bridgehead atoms. The van der Waals surface area contributed by atoms with Gasteiger partial charge in [0.1, 0.15) is 23.5 Å². The van der Waals surface area contributed by atoms with Crippen molar-refractivity contribution in [3.05, 3.63) is 29.8 Å². The Bertz CT molecular complexity index is 848. The third-order valence-electron chi connectivity index (χ3n) is 7.00. The maximum Gasteiger partial charge on any atom is 0.411 e. The summed E-state index contributed by atoms with van der Waals surface area (Å²) in [5.41, 5.74) is 0.422. The molecule has 0 spiro atoms. The van der Waals surface area contributed by atoms with E-state index in [1.54, 1.807) is 4.90 Å². The van der Waals surface area contributed by atoms with Gasteiger partial charge in [-0.1, -0.05) is 24.6 Å². The Kier molecular flexibility index (Phi) is 7.17. The normalized spacial score (nSPS) is 24.8. The molecule has 2 heterocycles. The van der Waals surface area contributed by atoms with Crippen LogP contribution in [0, 0.1) is 6.92 Å². The number of likely N-dealkylation sites (tertiary alicyclic amines) is 1. The minimum atomic E-state index is -0.620. The van der Waals surface area contributed by atoms with Crippen molar-refractivity contribution in [2.24, 2.45) is 0 Å². The first-order valence-corrected chi connectivity index (χ1v) is 12.5. The zero-order chi connectivity index (χ0) is 23.6. The van der Waals surface area contributed by atoms with Gasteiger partial charge in [-0.15, -0.1) is 0 Å². The van der Waals surface area contributed by atoms with Crippen LogP contribution >= 0.6 is 0 Å². The van der Waals surface area contributed by atoms with E-state index in [0.717, 1.165) is 43.9 Å². The predicted octanol–water partition coefficient (Wildman–Crippen LogP) is 3.84. The lowest BCUT2D eigenvalue weighted by atomic mass is 9.91. The van der Waals surface area contributed by atoms with Crippen LogP contribution in [0.2, 0.25) is 0 Å². The summed E-state index contributed by atoms with van der Waals surface area (Å²) < 4.78 is 11.9. The number of para-hydroxylation sites is 1. The minimum absolute atomic E-state index is 0.0206. The van der Waals surface area contributed by atoms with E-state index in [4.69, 9.17) is 9.47 Å². The van der Waals surface area contributed by atoms with Gasteiger partial charge in [0.2, 0.25) is 5.91 Å². The van der Waals surface area contributed by atoms with Gasteiger partial charge >= 0.3 is 6.09 Å². The van der Waals surface area contributed by atoms with Crippen LogP contribution < -0.4 is 4.74 Å². The van der Waals surface area contributed by atoms with Gasteiger partial charge in [0.25, 0.3) is 0 Å². The first-order valence-electron chi connectivity index (χ1n) is 12.5. The number of amides is 2. The number of ether oxygens (including phenoxy) is 2. The fourth-order valence-corrected chi connectivity index (χ4v) is 4.99. The number of carbonyl (C=O) groups excluding carboxylic acids is 2. The molecular formula is C26H39N3O4. The molecule has 7 nitrogen and oxygen atoms in total. The van der Waals surface area contributed by atoms with Crippen LogP contribution in [0.1, 0.15) is 58.4 Å².